The molecular formula is C3H9O3Sc. The molecule has 0 aromatic carbocycles. The van der Waals surface area contributed by atoms with E-state index in [1.807, 2.05) is 0 Å². The van der Waals surface area contributed by atoms with Crippen molar-refractivity contribution in [3.05, 3.63) is 0 Å². The summed E-state index contributed by atoms with van der Waals surface area (Å²) in [5.41, 5.74) is 0. The van der Waals surface area contributed by atoms with Crippen LogP contribution in [0.1, 0.15) is 0 Å². The Morgan fingerprint density at radius 1 is 0.571 bits per heavy atom. The minimum Gasteiger partial charge on any atom is -0.857 e. The van der Waals surface area contributed by atoms with Gasteiger partial charge < -0.3 is 15.3 Å². The van der Waals surface area contributed by atoms with Gasteiger partial charge in [-0.15, -0.1) is 0 Å². The van der Waals surface area contributed by atoms with Crippen molar-refractivity contribution in [2.75, 3.05) is 21.3 Å². The molecule has 0 atom stereocenters. The fourth-order valence-electron chi connectivity index (χ4n) is 0. The van der Waals surface area contributed by atoms with E-state index >= 15 is 0 Å². The predicted octanol–water partition coefficient (Wildman–Crippen LogP) is -3.07. The van der Waals surface area contributed by atoms with E-state index < -0.39 is 0 Å². The molecule has 0 unspecified atom stereocenters. The average molecular weight is 138 g/mol. The molecule has 7 heavy (non-hydrogen) atoms. The topological polar surface area (TPSA) is 69.2 Å². The van der Waals surface area contributed by atoms with E-state index in [1.54, 1.807) is 0 Å². The summed E-state index contributed by atoms with van der Waals surface area (Å²) in [6, 6.07) is 0. The molecule has 0 aromatic heterocycles. The van der Waals surface area contributed by atoms with Gasteiger partial charge in [0.2, 0.25) is 0 Å². The second kappa shape index (κ2) is 397. The van der Waals surface area contributed by atoms with Crippen molar-refractivity contribution in [2.45, 2.75) is 0 Å². The molecule has 0 aliphatic rings. The minimum atomic E-state index is 0. The van der Waals surface area contributed by atoms with E-state index in [4.69, 9.17) is 15.3 Å². The van der Waals surface area contributed by atoms with Crippen LogP contribution in [0.25, 0.3) is 0 Å². The third-order valence-corrected chi connectivity index (χ3v) is 0. The molecule has 0 fully saturated rings. The van der Waals surface area contributed by atoms with Crippen molar-refractivity contribution in [1.82, 2.24) is 0 Å². The number of hydrogen-bond donors (Lipinski definition) is 0. The molecule has 0 radical (unpaired) electrons. The largest absolute Gasteiger partial charge is 3.00 e. The molecule has 0 bridgehead atoms. The van der Waals surface area contributed by atoms with Gasteiger partial charge in [0, 0.05) is 0 Å². The number of hydrogen-bond acceptors (Lipinski definition) is 3. The van der Waals surface area contributed by atoms with Gasteiger partial charge in [-0.25, -0.2) is 0 Å². The van der Waals surface area contributed by atoms with Gasteiger partial charge in [0.05, 0.1) is 0 Å². The second-order valence-corrected chi connectivity index (χ2v) is 0. The first-order valence-electron chi connectivity index (χ1n) is 1.22. The van der Waals surface area contributed by atoms with E-state index in [9.17, 15) is 0 Å². The molecule has 42 valence electrons. The molecule has 0 aliphatic heterocycles. The van der Waals surface area contributed by atoms with E-state index in [2.05, 4.69) is 0 Å². The summed E-state index contributed by atoms with van der Waals surface area (Å²) in [7, 11) is 2.25. The van der Waals surface area contributed by atoms with Crippen LogP contribution in [0.2, 0.25) is 0 Å². The summed E-state index contributed by atoms with van der Waals surface area (Å²) in [6.07, 6.45) is 0. The van der Waals surface area contributed by atoms with E-state index in [0.717, 1.165) is 21.3 Å². The Balaban J connectivity index is -0.00000000900. The van der Waals surface area contributed by atoms with Gasteiger partial charge in [-0.2, -0.15) is 21.3 Å². The van der Waals surface area contributed by atoms with Crippen molar-refractivity contribution >= 4 is 0 Å². The third-order valence-electron chi connectivity index (χ3n) is 0. The Morgan fingerprint density at radius 3 is 0.571 bits per heavy atom. The summed E-state index contributed by atoms with van der Waals surface area (Å²) in [4.78, 5) is 0. The van der Waals surface area contributed by atoms with Gasteiger partial charge in [-0.05, 0) is 0 Å². The fraction of sp³-hybridized carbons (Fsp3) is 1.00. The molecule has 0 rings (SSSR count). The molecule has 0 aliphatic carbocycles. The molecule has 0 saturated carbocycles. The standard InChI is InChI=1S/3CH3O.Sc/c3*1-2;/h3*1H3;/q3*-1;+3. The Hall–Kier alpha value is 0.750. The van der Waals surface area contributed by atoms with Crippen LogP contribution >= 0.6 is 0 Å². The van der Waals surface area contributed by atoms with Gasteiger partial charge >= 0.3 is 25.8 Å². The van der Waals surface area contributed by atoms with Crippen LogP contribution in [-0.4, -0.2) is 21.3 Å². The summed E-state index contributed by atoms with van der Waals surface area (Å²) >= 11 is 0. The van der Waals surface area contributed by atoms with Crippen LogP contribution in [0.4, 0.5) is 0 Å². The van der Waals surface area contributed by atoms with Crippen molar-refractivity contribution in [3.8, 4) is 0 Å². The molecule has 3 nitrogen and oxygen atoms in total. The second-order valence-electron chi connectivity index (χ2n) is 0. The quantitative estimate of drug-likeness (QED) is 0.356. The van der Waals surface area contributed by atoms with E-state index in [0.29, 0.717) is 0 Å². The maximum Gasteiger partial charge on any atom is 3.00 e. The van der Waals surface area contributed by atoms with Crippen molar-refractivity contribution < 1.29 is 41.2 Å². The summed E-state index contributed by atoms with van der Waals surface area (Å²) in [5.74, 6) is 0. The van der Waals surface area contributed by atoms with Crippen molar-refractivity contribution in [2.24, 2.45) is 0 Å². The maximum absolute atomic E-state index is 8.25. The summed E-state index contributed by atoms with van der Waals surface area (Å²) in [5, 5.41) is 24.8. The predicted molar refractivity (Wildman–Crippen MR) is 17.8 cm³/mol. The summed E-state index contributed by atoms with van der Waals surface area (Å²) < 4.78 is 0. The molecule has 4 heteroatoms. The molecule has 0 N–H and O–H groups in total. The molecule has 0 amide bonds. The van der Waals surface area contributed by atoms with E-state index in [1.165, 1.54) is 0 Å². The molecule has 0 spiro atoms. The van der Waals surface area contributed by atoms with Crippen LogP contribution in [0.5, 0.6) is 0 Å². The molecular weight excluding hydrogens is 129 g/mol. The Kier molecular flexibility index (Phi) is 1420. The first-order chi connectivity index (χ1) is 3.00. The minimum absolute atomic E-state index is 0. The first kappa shape index (κ1) is 25.1. The van der Waals surface area contributed by atoms with Crippen LogP contribution in [0, 0.1) is 0 Å². The van der Waals surface area contributed by atoms with Crippen molar-refractivity contribution in [1.29, 1.82) is 0 Å². The van der Waals surface area contributed by atoms with Crippen LogP contribution in [0.3, 0.4) is 0 Å². The van der Waals surface area contributed by atoms with Crippen LogP contribution in [0.15, 0.2) is 0 Å². The maximum atomic E-state index is 8.25. The van der Waals surface area contributed by atoms with Gasteiger partial charge in [0.1, 0.15) is 0 Å². The first-order valence-corrected chi connectivity index (χ1v) is 1.22. The smallest absolute Gasteiger partial charge is 0.857 e. The Labute approximate surface area is 62.8 Å². The zero-order valence-corrected chi connectivity index (χ0v) is 6.61. The normalized spacial score (nSPS) is 2.57. The van der Waals surface area contributed by atoms with Gasteiger partial charge in [-0.1, -0.05) is 0 Å². The van der Waals surface area contributed by atoms with Crippen LogP contribution < -0.4 is 15.3 Å². The SMILES string of the molecule is C[O-].C[O-].C[O-].[Sc+3]. The molecule has 0 saturated heterocycles. The summed E-state index contributed by atoms with van der Waals surface area (Å²) in [6.45, 7) is 0. The Morgan fingerprint density at radius 2 is 0.571 bits per heavy atom. The monoisotopic (exact) mass is 138 g/mol. The van der Waals surface area contributed by atoms with Gasteiger partial charge in [0.15, 0.2) is 0 Å². The molecule has 0 heterocycles. The van der Waals surface area contributed by atoms with Crippen molar-refractivity contribution in [3.63, 3.8) is 0 Å². The fourth-order valence-corrected chi connectivity index (χ4v) is 0. The molecule has 0 aromatic rings. The van der Waals surface area contributed by atoms with Gasteiger partial charge in [0.25, 0.3) is 0 Å². The average Bonchev–Trinajstić information content (AvgIpc) is 1.81. The van der Waals surface area contributed by atoms with Crippen LogP contribution in [-0.2, 0) is 25.8 Å². The van der Waals surface area contributed by atoms with E-state index in [-0.39, 0.29) is 25.8 Å². The van der Waals surface area contributed by atoms with Gasteiger partial charge in [-0.3, -0.25) is 0 Å². The zero-order chi connectivity index (χ0) is 6.00. The third kappa shape index (κ3) is 271. The Bertz CT molecular complexity index is 10.1. The zero-order valence-electron chi connectivity index (χ0n) is 4.80. The number of rotatable bonds is 0.